The number of aromatic nitrogens is 2. The molecule has 1 amide bonds. The summed E-state index contributed by atoms with van der Waals surface area (Å²) in [6, 6.07) is 0.159. The average molecular weight is 332 g/mol. The molecule has 2 saturated heterocycles. The SMILES string of the molecule is Cc1nccnc1CC[C@H]1COCCN1C(=O)CCN1CCCC1. The number of ether oxygens (including phenoxy) is 1. The molecular weight excluding hydrogens is 304 g/mol. The third kappa shape index (κ3) is 4.51. The predicted molar refractivity (Wildman–Crippen MR) is 91.7 cm³/mol. The number of morpholine rings is 1. The summed E-state index contributed by atoms with van der Waals surface area (Å²) in [7, 11) is 0. The summed E-state index contributed by atoms with van der Waals surface area (Å²) >= 11 is 0. The highest BCUT2D eigenvalue weighted by atomic mass is 16.5. The Morgan fingerprint density at radius 2 is 2.04 bits per heavy atom. The van der Waals surface area contributed by atoms with E-state index in [0.717, 1.165) is 43.9 Å². The zero-order valence-electron chi connectivity index (χ0n) is 14.6. The summed E-state index contributed by atoms with van der Waals surface area (Å²) in [5, 5.41) is 0. The molecule has 2 aliphatic rings. The van der Waals surface area contributed by atoms with Crippen molar-refractivity contribution in [1.29, 1.82) is 0 Å². The first-order valence-electron chi connectivity index (χ1n) is 9.10. The highest BCUT2D eigenvalue weighted by Crippen LogP contribution is 2.16. The summed E-state index contributed by atoms with van der Waals surface area (Å²) in [5.41, 5.74) is 1.99. The van der Waals surface area contributed by atoms with Crippen molar-refractivity contribution in [3.8, 4) is 0 Å². The van der Waals surface area contributed by atoms with Gasteiger partial charge in [0.05, 0.1) is 30.6 Å². The van der Waals surface area contributed by atoms with Crippen molar-refractivity contribution in [1.82, 2.24) is 19.8 Å². The smallest absolute Gasteiger partial charge is 0.224 e. The van der Waals surface area contributed by atoms with Gasteiger partial charge < -0.3 is 14.5 Å². The fraction of sp³-hybridized carbons (Fsp3) is 0.722. The zero-order chi connectivity index (χ0) is 16.8. The van der Waals surface area contributed by atoms with Gasteiger partial charge in [-0.3, -0.25) is 14.8 Å². The van der Waals surface area contributed by atoms with Crippen molar-refractivity contribution in [2.24, 2.45) is 0 Å². The summed E-state index contributed by atoms with van der Waals surface area (Å²) in [4.78, 5) is 25.8. The molecule has 1 aromatic heterocycles. The third-order valence-electron chi connectivity index (χ3n) is 5.09. The van der Waals surface area contributed by atoms with Crippen LogP contribution >= 0.6 is 0 Å². The molecule has 0 radical (unpaired) electrons. The quantitative estimate of drug-likeness (QED) is 0.789. The van der Waals surface area contributed by atoms with Crippen molar-refractivity contribution < 1.29 is 9.53 Å². The Hall–Kier alpha value is -1.53. The second-order valence-electron chi connectivity index (χ2n) is 6.74. The molecule has 24 heavy (non-hydrogen) atoms. The van der Waals surface area contributed by atoms with Crippen LogP contribution in [0.25, 0.3) is 0 Å². The van der Waals surface area contributed by atoms with Gasteiger partial charge in [0.1, 0.15) is 0 Å². The van der Waals surface area contributed by atoms with Crippen molar-refractivity contribution >= 4 is 5.91 Å². The van der Waals surface area contributed by atoms with Gasteiger partial charge in [-0.05, 0) is 45.7 Å². The first-order chi connectivity index (χ1) is 11.7. The van der Waals surface area contributed by atoms with E-state index >= 15 is 0 Å². The average Bonchev–Trinajstić information content (AvgIpc) is 3.13. The number of rotatable bonds is 6. The van der Waals surface area contributed by atoms with Gasteiger partial charge in [-0.15, -0.1) is 0 Å². The van der Waals surface area contributed by atoms with Gasteiger partial charge in [-0.25, -0.2) is 0 Å². The topological polar surface area (TPSA) is 58.6 Å². The molecule has 2 fully saturated rings. The van der Waals surface area contributed by atoms with E-state index in [0.29, 0.717) is 26.2 Å². The molecule has 0 unspecified atom stereocenters. The van der Waals surface area contributed by atoms with Crippen molar-refractivity contribution in [2.45, 2.75) is 45.1 Å². The molecular formula is C18H28N4O2. The van der Waals surface area contributed by atoms with Gasteiger partial charge in [0, 0.05) is 31.9 Å². The van der Waals surface area contributed by atoms with E-state index in [9.17, 15) is 4.79 Å². The van der Waals surface area contributed by atoms with Crippen molar-refractivity contribution in [3.05, 3.63) is 23.8 Å². The number of carbonyl (C=O) groups is 1. The number of nitrogens with zero attached hydrogens (tertiary/aromatic N) is 4. The number of amides is 1. The monoisotopic (exact) mass is 332 g/mol. The molecule has 0 spiro atoms. The second-order valence-corrected chi connectivity index (χ2v) is 6.74. The Labute approximate surface area is 144 Å². The lowest BCUT2D eigenvalue weighted by Gasteiger charge is -2.36. The highest BCUT2D eigenvalue weighted by Gasteiger charge is 2.27. The number of carbonyl (C=O) groups excluding carboxylic acids is 1. The summed E-state index contributed by atoms with van der Waals surface area (Å²) in [5.74, 6) is 0.270. The van der Waals surface area contributed by atoms with E-state index in [1.165, 1.54) is 12.8 Å². The molecule has 0 bridgehead atoms. The van der Waals surface area contributed by atoms with E-state index in [-0.39, 0.29) is 11.9 Å². The first kappa shape index (κ1) is 17.3. The maximum atomic E-state index is 12.7. The van der Waals surface area contributed by atoms with Crippen LogP contribution in [0.4, 0.5) is 0 Å². The van der Waals surface area contributed by atoms with Crippen LogP contribution in [0, 0.1) is 6.92 Å². The van der Waals surface area contributed by atoms with Gasteiger partial charge in [0.25, 0.3) is 0 Å². The Balaban J connectivity index is 1.52. The lowest BCUT2D eigenvalue weighted by atomic mass is 10.1. The fourth-order valence-corrected chi connectivity index (χ4v) is 3.61. The standard InChI is InChI=1S/C18H28N4O2/c1-15-17(20-8-7-19-15)5-4-16-14-24-13-12-22(16)18(23)6-11-21-9-2-3-10-21/h7-8,16H,2-6,9-14H2,1H3/t16-/m0/s1. The Morgan fingerprint density at radius 1 is 1.25 bits per heavy atom. The largest absolute Gasteiger partial charge is 0.377 e. The normalized spacial score (nSPS) is 22.0. The lowest BCUT2D eigenvalue weighted by Crippen LogP contribution is -2.49. The summed E-state index contributed by atoms with van der Waals surface area (Å²) in [6.45, 7) is 7.16. The Bertz CT molecular complexity index is 546. The van der Waals surface area contributed by atoms with Gasteiger partial charge >= 0.3 is 0 Å². The van der Waals surface area contributed by atoms with E-state index in [1.807, 2.05) is 11.8 Å². The van der Waals surface area contributed by atoms with Gasteiger partial charge in [-0.1, -0.05) is 0 Å². The van der Waals surface area contributed by atoms with Crippen LogP contribution < -0.4 is 0 Å². The van der Waals surface area contributed by atoms with Crippen LogP contribution in [0.5, 0.6) is 0 Å². The maximum absolute atomic E-state index is 12.7. The molecule has 1 aromatic rings. The summed E-state index contributed by atoms with van der Waals surface area (Å²) < 4.78 is 5.62. The summed E-state index contributed by atoms with van der Waals surface area (Å²) in [6.07, 6.45) is 8.34. The van der Waals surface area contributed by atoms with E-state index in [1.54, 1.807) is 12.4 Å². The number of aryl methyl sites for hydroxylation is 2. The zero-order valence-corrected chi connectivity index (χ0v) is 14.6. The second kappa shape index (κ2) is 8.53. The minimum atomic E-state index is 0.159. The van der Waals surface area contributed by atoms with Crippen LogP contribution in [-0.2, 0) is 16.0 Å². The minimum Gasteiger partial charge on any atom is -0.377 e. The fourth-order valence-electron chi connectivity index (χ4n) is 3.61. The van der Waals surface area contributed by atoms with E-state index in [2.05, 4.69) is 14.9 Å². The molecule has 3 heterocycles. The van der Waals surface area contributed by atoms with E-state index in [4.69, 9.17) is 4.74 Å². The lowest BCUT2D eigenvalue weighted by molar-refractivity contribution is -0.140. The van der Waals surface area contributed by atoms with Crippen molar-refractivity contribution in [2.75, 3.05) is 39.4 Å². The first-order valence-corrected chi connectivity index (χ1v) is 9.10. The molecule has 2 aliphatic heterocycles. The number of hydrogen-bond acceptors (Lipinski definition) is 5. The van der Waals surface area contributed by atoms with Crippen molar-refractivity contribution in [3.63, 3.8) is 0 Å². The molecule has 3 rings (SSSR count). The molecule has 0 N–H and O–H groups in total. The van der Waals surface area contributed by atoms with Gasteiger partial charge in [-0.2, -0.15) is 0 Å². The molecule has 0 aromatic carbocycles. The van der Waals surface area contributed by atoms with Crippen LogP contribution in [0.15, 0.2) is 12.4 Å². The van der Waals surface area contributed by atoms with Crippen LogP contribution in [0.2, 0.25) is 0 Å². The van der Waals surface area contributed by atoms with Crippen LogP contribution in [-0.4, -0.2) is 71.1 Å². The predicted octanol–water partition coefficient (Wildman–Crippen LogP) is 1.43. The minimum absolute atomic E-state index is 0.159. The highest BCUT2D eigenvalue weighted by molar-refractivity contribution is 5.76. The van der Waals surface area contributed by atoms with Crippen LogP contribution in [0.3, 0.4) is 0 Å². The van der Waals surface area contributed by atoms with Crippen LogP contribution in [0.1, 0.15) is 37.1 Å². The Kier molecular flexibility index (Phi) is 6.15. The van der Waals surface area contributed by atoms with Gasteiger partial charge in [0.2, 0.25) is 5.91 Å². The molecule has 132 valence electrons. The molecule has 0 saturated carbocycles. The maximum Gasteiger partial charge on any atom is 0.224 e. The number of hydrogen-bond donors (Lipinski definition) is 0. The molecule has 6 nitrogen and oxygen atoms in total. The molecule has 6 heteroatoms. The molecule has 1 atom stereocenters. The van der Waals surface area contributed by atoms with E-state index < -0.39 is 0 Å². The van der Waals surface area contributed by atoms with Gasteiger partial charge in [0.15, 0.2) is 0 Å². The third-order valence-corrected chi connectivity index (χ3v) is 5.09. The Morgan fingerprint density at radius 3 is 2.83 bits per heavy atom. The molecule has 0 aliphatic carbocycles. The number of likely N-dealkylation sites (tertiary alicyclic amines) is 1.